The summed E-state index contributed by atoms with van der Waals surface area (Å²) in [5.74, 6) is 5.03. The van der Waals surface area contributed by atoms with Crippen molar-refractivity contribution >= 4 is 29.4 Å². The maximum atomic E-state index is 11.6. The molecule has 4 aliphatic carbocycles. The zero-order valence-corrected chi connectivity index (χ0v) is 17.2. The Morgan fingerprint density at radius 2 is 1.93 bits per heavy atom. The average molecular weight is 413 g/mol. The minimum Gasteiger partial charge on any atom is -0.506 e. The second-order valence-electron chi connectivity index (χ2n) is 8.70. The van der Waals surface area contributed by atoms with Crippen LogP contribution in [0.15, 0.2) is 36.4 Å². The third-order valence-electron chi connectivity index (χ3n) is 7.58. The number of aromatic hydroxyl groups is 1. The number of rotatable bonds is 6. The van der Waals surface area contributed by atoms with Crippen LogP contribution in [0.25, 0.3) is 11.8 Å². The molecule has 5 rings (SSSR count). The minimum absolute atomic E-state index is 0.0525. The van der Waals surface area contributed by atoms with Gasteiger partial charge in [-0.15, -0.1) is 0 Å². The van der Waals surface area contributed by atoms with Gasteiger partial charge < -0.3 is 14.6 Å². The molecule has 1 aromatic carbocycles. The van der Waals surface area contributed by atoms with E-state index in [9.17, 15) is 9.90 Å². The Labute approximate surface area is 175 Å². The standard InChI is InChI=1S/C24H25ClO4/c1-3-8-29-18(26)7-5-12-4-6-15(22(25)23(12)27)24(28-2)21-16-10-13-9-14-11-17(21)20(14)19(13)16/h3-7,13-14,16-17,19-20,27H,1,8-11H2,2H3/b7-5+,24-21?. The largest absolute Gasteiger partial charge is 0.506 e. The number of halogens is 1. The monoisotopic (exact) mass is 412 g/mol. The topological polar surface area (TPSA) is 55.8 Å². The van der Waals surface area contributed by atoms with E-state index in [1.165, 1.54) is 43.1 Å². The lowest BCUT2D eigenvalue weighted by Crippen LogP contribution is -2.32. The van der Waals surface area contributed by atoms with Crippen LogP contribution in [0.1, 0.15) is 30.4 Å². The van der Waals surface area contributed by atoms with Gasteiger partial charge in [0.1, 0.15) is 18.1 Å². The first kappa shape index (κ1) is 18.8. The quantitative estimate of drug-likeness (QED) is 0.307. The van der Waals surface area contributed by atoms with Crippen LogP contribution in [0.2, 0.25) is 5.02 Å². The van der Waals surface area contributed by atoms with E-state index < -0.39 is 5.97 Å². The van der Waals surface area contributed by atoms with Gasteiger partial charge in [0.15, 0.2) is 0 Å². The molecule has 0 saturated heterocycles. The number of ether oxygens (including phenoxy) is 2. The Morgan fingerprint density at radius 3 is 2.55 bits per heavy atom. The summed E-state index contributed by atoms with van der Waals surface area (Å²) in [6.07, 6.45) is 8.24. The summed E-state index contributed by atoms with van der Waals surface area (Å²) >= 11 is 6.56. The molecule has 4 fully saturated rings. The molecule has 1 aromatic rings. The van der Waals surface area contributed by atoms with Crippen molar-refractivity contribution in [1.29, 1.82) is 0 Å². The van der Waals surface area contributed by atoms with Gasteiger partial charge in [0, 0.05) is 17.2 Å². The van der Waals surface area contributed by atoms with Crippen LogP contribution in [0.3, 0.4) is 0 Å². The summed E-state index contributed by atoms with van der Waals surface area (Å²) in [4.78, 5) is 11.6. The van der Waals surface area contributed by atoms with Crippen molar-refractivity contribution < 1.29 is 19.4 Å². The summed E-state index contributed by atoms with van der Waals surface area (Å²) in [5, 5.41) is 10.9. The van der Waals surface area contributed by atoms with Crippen LogP contribution in [-0.2, 0) is 14.3 Å². The number of carbonyl (C=O) groups excluding carboxylic acids is 1. The third-order valence-corrected chi connectivity index (χ3v) is 7.96. The Morgan fingerprint density at radius 1 is 1.24 bits per heavy atom. The lowest BCUT2D eigenvalue weighted by atomic mass is 9.65. The van der Waals surface area contributed by atoms with Crippen LogP contribution in [-0.4, -0.2) is 24.8 Å². The predicted molar refractivity (Wildman–Crippen MR) is 112 cm³/mol. The molecular weight excluding hydrogens is 388 g/mol. The first-order chi connectivity index (χ1) is 14.0. The third kappa shape index (κ3) is 2.68. The molecular formula is C24H25ClO4. The number of phenols is 1. The van der Waals surface area contributed by atoms with Crippen molar-refractivity contribution in [2.24, 2.45) is 35.5 Å². The van der Waals surface area contributed by atoms with Crippen LogP contribution < -0.4 is 0 Å². The molecule has 0 aromatic heterocycles. The highest BCUT2D eigenvalue weighted by atomic mass is 35.5. The van der Waals surface area contributed by atoms with Gasteiger partial charge in [0.25, 0.3) is 0 Å². The van der Waals surface area contributed by atoms with E-state index in [1.54, 1.807) is 13.2 Å². The summed E-state index contributed by atoms with van der Waals surface area (Å²) < 4.78 is 10.8. The van der Waals surface area contributed by atoms with E-state index in [0.717, 1.165) is 35.0 Å². The average Bonchev–Trinajstić information content (AvgIpc) is 3.00. The fraction of sp³-hybridized carbons (Fsp3) is 0.458. The fourth-order valence-corrected chi connectivity index (χ4v) is 6.76. The number of hydrogen-bond donors (Lipinski definition) is 1. The van der Waals surface area contributed by atoms with Gasteiger partial charge >= 0.3 is 5.97 Å². The first-order valence-electron chi connectivity index (χ1n) is 10.3. The van der Waals surface area contributed by atoms with Crippen molar-refractivity contribution in [3.05, 3.63) is 52.6 Å². The van der Waals surface area contributed by atoms with Crippen molar-refractivity contribution in [2.75, 3.05) is 13.7 Å². The van der Waals surface area contributed by atoms with Gasteiger partial charge in [0.2, 0.25) is 0 Å². The SMILES string of the molecule is C=CCOC(=O)/C=C/c1ccc(C(OC)=C2C3CC4CC5CC2C5C43)c(Cl)c1O. The normalized spacial score (nSPS) is 33.1. The maximum Gasteiger partial charge on any atom is 0.331 e. The molecule has 6 atom stereocenters. The van der Waals surface area contributed by atoms with E-state index in [1.807, 2.05) is 6.07 Å². The summed E-state index contributed by atoms with van der Waals surface area (Å²) in [7, 11) is 1.69. The van der Waals surface area contributed by atoms with Crippen molar-refractivity contribution in [2.45, 2.75) is 19.3 Å². The van der Waals surface area contributed by atoms with Gasteiger partial charge in [0.05, 0.1) is 12.1 Å². The molecule has 0 spiro atoms. The molecule has 0 radical (unpaired) electrons. The highest BCUT2D eigenvalue weighted by Crippen LogP contribution is 2.75. The number of phenolic OH excluding ortho intramolecular Hbond substituents is 1. The number of methoxy groups -OCH3 is 1. The molecule has 0 amide bonds. The lowest BCUT2D eigenvalue weighted by Gasteiger charge is -2.40. The molecule has 1 N–H and O–H groups in total. The zero-order valence-electron chi connectivity index (χ0n) is 16.4. The Bertz CT molecular complexity index is 922. The summed E-state index contributed by atoms with van der Waals surface area (Å²) in [5.41, 5.74) is 2.62. The Hall–Kier alpha value is -2.20. The molecule has 29 heavy (non-hydrogen) atoms. The van der Waals surface area contributed by atoms with Gasteiger partial charge in [-0.1, -0.05) is 30.3 Å². The highest BCUT2D eigenvalue weighted by molar-refractivity contribution is 6.34. The second kappa shape index (κ2) is 6.94. The van der Waals surface area contributed by atoms with Crippen LogP contribution in [0.4, 0.5) is 0 Å². The van der Waals surface area contributed by atoms with Gasteiger partial charge in [-0.05, 0) is 72.5 Å². The van der Waals surface area contributed by atoms with E-state index in [0.29, 0.717) is 17.4 Å². The Balaban J connectivity index is 1.46. The van der Waals surface area contributed by atoms with Crippen molar-refractivity contribution in [3.63, 3.8) is 0 Å². The number of benzene rings is 1. The summed E-state index contributed by atoms with van der Waals surface area (Å²) in [6, 6.07) is 3.64. The molecule has 152 valence electrons. The fourth-order valence-electron chi connectivity index (χ4n) is 6.51. The lowest BCUT2D eigenvalue weighted by molar-refractivity contribution is -0.136. The summed E-state index contributed by atoms with van der Waals surface area (Å²) in [6.45, 7) is 3.65. The van der Waals surface area contributed by atoms with Gasteiger partial charge in [-0.2, -0.15) is 0 Å². The van der Waals surface area contributed by atoms with E-state index in [-0.39, 0.29) is 17.4 Å². The molecule has 6 unspecified atom stereocenters. The van der Waals surface area contributed by atoms with Gasteiger partial charge in [-0.3, -0.25) is 0 Å². The van der Waals surface area contributed by atoms with Crippen LogP contribution in [0.5, 0.6) is 5.75 Å². The van der Waals surface area contributed by atoms with Crippen molar-refractivity contribution in [3.8, 4) is 5.75 Å². The number of hydrogen-bond acceptors (Lipinski definition) is 4. The molecule has 0 heterocycles. The van der Waals surface area contributed by atoms with Crippen LogP contribution in [0, 0.1) is 35.5 Å². The first-order valence-corrected chi connectivity index (χ1v) is 10.7. The second-order valence-corrected chi connectivity index (χ2v) is 9.08. The van der Waals surface area contributed by atoms with E-state index in [2.05, 4.69) is 6.58 Å². The van der Waals surface area contributed by atoms with Crippen molar-refractivity contribution in [1.82, 2.24) is 0 Å². The maximum absolute atomic E-state index is 11.6. The predicted octanol–water partition coefficient (Wildman–Crippen LogP) is 5.07. The van der Waals surface area contributed by atoms with Gasteiger partial charge in [-0.25, -0.2) is 4.79 Å². The minimum atomic E-state index is -0.499. The molecule has 0 aliphatic heterocycles. The molecule has 0 bridgehead atoms. The Kier molecular flexibility index (Phi) is 4.50. The molecule has 4 aliphatic rings. The highest BCUT2D eigenvalue weighted by Gasteiger charge is 2.68. The van der Waals surface area contributed by atoms with Crippen LogP contribution >= 0.6 is 11.6 Å². The molecule has 5 heteroatoms. The number of esters is 1. The number of allylic oxidation sites excluding steroid dienone is 1. The number of carbonyl (C=O) groups is 1. The molecule has 4 nitrogen and oxygen atoms in total. The van der Waals surface area contributed by atoms with E-state index in [4.69, 9.17) is 21.1 Å². The zero-order chi connectivity index (χ0) is 20.3. The van der Waals surface area contributed by atoms with E-state index >= 15 is 0 Å². The molecule has 4 saturated carbocycles. The smallest absolute Gasteiger partial charge is 0.331 e.